The van der Waals surface area contributed by atoms with E-state index in [9.17, 15) is 4.79 Å². The van der Waals surface area contributed by atoms with E-state index in [1.807, 2.05) is 18.2 Å². The van der Waals surface area contributed by atoms with E-state index in [2.05, 4.69) is 24.1 Å². The molecule has 0 aromatic heterocycles. The van der Waals surface area contributed by atoms with Crippen molar-refractivity contribution in [3.8, 4) is 11.5 Å². The van der Waals surface area contributed by atoms with Crippen molar-refractivity contribution in [2.24, 2.45) is 11.8 Å². The van der Waals surface area contributed by atoms with Gasteiger partial charge in [0.1, 0.15) is 11.5 Å². The van der Waals surface area contributed by atoms with Crippen molar-refractivity contribution in [2.45, 2.75) is 52.5 Å². The van der Waals surface area contributed by atoms with Gasteiger partial charge < -0.3 is 19.7 Å². The van der Waals surface area contributed by atoms with Gasteiger partial charge in [0.15, 0.2) is 0 Å². The summed E-state index contributed by atoms with van der Waals surface area (Å²) in [6.07, 6.45) is 5.34. The van der Waals surface area contributed by atoms with Crippen molar-refractivity contribution >= 4 is 5.91 Å². The van der Waals surface area contributed by atoms with Gasteiger partial charge in [0.2, 0.25) is 5.91 Å². The minimum Gasteiger partial charge on any atom is -0.497 e. The molecule has 5 nitrogen and oxygen atoms in total. The molecular formula is C22H36N2O3. The van der Waals surface area contributed by atoms with Crippen LogP contribution < -0.4 is 14.8 Å². The van der Waals surface area contributed by atoms with Crippen LogP contribution in [0.15, 0.2) is 18.2 Å². The van der Waals surface area contributed by atoms with Crippen molar-refractivity contribution in [3.05, 3.63) is 23.8 Å². The number of rotatable bonds is 10. The first-order chi connectivity index (χ1) is 13.0. The maximum Gasteiger partial charge on any atom is 0.220 e. The number of nitrogens with one attached hydrogen (secondary N) is 1. The van der Waals surface area contributed by atoms with E-state index in [0.717, 1.165) is 35.9 Å². The van der Waals surface area contributed by atoms with Gasteiger partial charge in [0.05, 0.1) is 14.2 Å². The molecule has 0 aliphatic carbocycles. The first-order valence-electron chi connectivity index (χ1n) is 10.2. The van der Waals surface area contributed by atoms with Crippen LogP contribution in [-0.4, -0.2) is 44.7 Å². The Morgan fingerprint density at radius 2 is 2.11 bits per heavy atom. The van der Waals surface area contributed by atoms with E-state index in [-0.39, 0.29) is 5.91 Å². The predicted octanol–water partition coefficient (Wildman–Crippen LogP) is 3.86. The van der Waals surface area contributed by atoms with Crippen LogP contribution in [-0.2, 0) is 11.3 Å². The van der Waals surface area contributed by atoms with Crippen LogP contribution in [0.25, 0.3) is 0 Å². The Balaban J connectivity index is 1.73. The molecule has 0 radical (unpaired) electrons. The third-order valence-electron chi connectivity index (χ3n) is 5.38. The van der Waals surface area contributed by atoms with Crippen LogP contribution in [0.1, 0.15) is 51.5 Å². The zero-order valence-corrected chi connectivity index (χ0v) is 17.4. The van der Waals surface area contributed by atoms with E-state index in [4.69, 9.17) is 9.47 Å². The molecule has 1 aromatic carbocycles. The Morgan fingerprint density at radius 1 is 1.30 bits per heavy atom. The first kappa shape index (κ1) is 21.5. The van der Waals surface area contributed by atoms with Gasteiger partial charge in [-0.25, -0.2) is 0 Å². The van der Waals surface area contributed by atoms with Gasteiger partial charge in [0, 0.05) is 31.1 Å². The monoisotopic (exact) mass is 376 g/mol. The average molecular weight is 377 g/mol. The fourth-order valence-corrected chi connectivity index (χ4v) is 3.65. The minimum absolute atomic E-state index is 0.118. The normalized spacial score (nSPS) is 17.7. The maximum atomic E-state index is 12.3. The number of benzene rings is 1. The van der Waals surface area contributed by atoms with Gasteiger partial charge >= 0.3 is 0 Å². The Hall–Kier alpha value is -1.75. The molecule has 1 aliphatic rings. The molecule has 2 rings (SSSR count). The van der Waals surface area contributed by atoms with E-state index in [1.165, 1.54) is 32.4 Å². The minimum atomic E-state index is 0.118. The Bertz CT molecular complexity index is 589. The van der Waals surface area contributed by atoms with Crippen molar-refractivity contribution in [1.82, 2.24) is 10.2 Å². The van der Waals surface area contributed by atoms with Crippen molar-refractivity contribution in [3.63, 3.8) is 0 Å². The van der Waals surface area contributed by atoms with E-state index >= 15 is 0 Å². The summed E-state index contributed by atoms with van der Waals surface area (Å²) in [5, 5.41) is 3.03. The molecule has 1 saturated heterocycles. The Labute approximate surface area is 164 Å². The van der Waals surface area contributed by atoms with Crippen molar-refractivity contribution in [1.29, 1.82) is 0 Å². The molecule has 1 fully saturated rings. The average Bonchev–Trinajstić information content (AvgIpc) is 2.69. The number of likely N-dealkylation sites (tertiary alicyclic amines) is 1. The van der Waals surface area contributed by atoms with Crippen LogP contribution in [0.3, 0.4) is 0 Å². The van der Waals surface area contributed by atoms with E-state index < -0.39 is 0 Å². The lowest BCUT2D eigenvalue weighted by molar-refractivity contribution is -0.121. The number of carbonyl (C=O) groups excluding carboxylic acids is 1. The highest BCUT2D eigenvalue weighted by atomic mass is 16.5. The van der Waals surface area contributed by atoms with Gasteiger partial charge in [-0.2, -0.15) is 0 Å². The summed E-state index contributed by atoms with van der Waals surface area (Å²) in [6, 6.07) is 5.67. The molecule has 0 spiro atoms. The number of amides is 1. The summed E-state index contributed by atoms with van der Waals surface area (Å²) >= 11 is 0. The second kappa shape index (κ2) is 11.2. The van der Waals surface area contributed by atoms with Gasteiger partial charge in [0.25, 0.3) is 0 Å². The predicted molar refractivity (Wildman–Crippen MR) is 109 cm³/mol. The Kier molecular flexibility index (Phi) is 8.92. The summed E-state index contributed by atoms with van der Waals surface area (Å²) in [5.41, 5.74) is 0.962. The number of methoxy groups -OCH3 is 2. The molecule has 0 bridgehead atoms. The highest BCUT2D eigenvalue weighted by Gasteiger charge is 2.20. The molecule has 27 heavy (non-hydrogen) atoms. The number of piperidine rings is 1. The molecule has 1 aliphatic heterocycles. The molecule has 0 unspecified atom stereocenters. The SMILES string of the molecule is COc1ccc(CNC(=O)CC[C@H]2CCCN(CCC(C)C)C2)c(OC)c1. The molecule has 5 heteroatoms. The highest BCUT2D eigenvalue weighted by molar-refractivity contribution is 5.75. The Morgan fingerprint density at radius 3 is 2.81 bits per heavy atom. The summed E-state index contributed by atoms with van der Waals surface area (Å²) in [5.74, 6) is 3.01. The van der Waals surface area contributed by atoms with Crippen LogP contribution in [0.4, 0.5) is 0 Å². The lowest BCUT2D eigenvalue weighted by atomic mass is 9.93. The molecule has 1 atom stereocenters. The standard InChI is InChI=1S/C22H36N2O3/c1-17(2)11-13-24-12-5-6-18(16-24)7-10-22(25)23-15-19-8-9-20(26-3)14-21(19)27-4/h8-9,14,17-18H,5-7,10-13,15-16H2,1-4H3,(H,23,25)/t18-/m1/s1. The number of hydrogen-bond acceptors (Lipinski definition) is 4. The van der Waals surface area contributed by atoms with E-state index in [1.54, 1.807) is 14.2 Å². The molecule has 152 valence electrons. The molecule has 1 N–H and O–H groups in total. The maximum absolute atomic E-state index is 12.3. The van der Waals surface area contributed by atoms with Gasteiger partial charge in [-0.05, 0) is 62.7 Å². The third kappa shape index (κ3) is 7.41. The second-order valence-corrected chi connectivity index (χ2v) is 7.98. The summed E-state index contributed by atoms with van der Waals surface area (Å²) in [4.78, 5) is 14.9. The zero-order valence-electron chi connectivity index (χ0n) is 17.4. The molecular weight excluding hydrogens is 340 g/mol. The topological polar surface area (TPSA) is 50.8 Å². The van der Waals surface area contributed by atoms with Gasteiger partial charge in [-0.3, -0.25) is 4.79 Å². The fraction of sp³-hybridized carbons (Fsp3) is 0.682. The largest absolute Gasteiger partial charge is 0.497 e. The lowest BCUT2D eigenvalue weighted by Crippen LogP contribution is -2.37. The highest BCUT2D eigenvalue weighted by Crippen LogP contribution is 2.25. The number of ether oxygens (including phenoxy) is 2. The molecule has 1 aromatic rings. The zero-order chi connectivity index (χ0) is 19.6. The number of hydrogen-bond donors (Lipinski definition) is 1. The smallest absolute Gasteiger partial charge is 0.220 e. The summed E-state index contributed by atoms with van der Waals surface area (Å²) in [6.45, 7) is 8.60. The number of nitrogens with zero attached hydrogens (tertiary/aromatic N) is 1. The molecule has 0 saturated carbocycles. The lowest BCUT2D eigenvalue weighted by Gasteiger charge is -2.33. The van der Waals surface area contributed by atoms with Crippen LogP contribution in [0.2, 0.25) is 0 Å². The number of carbonyl (C=O) groups is 1. The summed E-state index contributed by atoms with van der Waals surface area (Å²) in [7, 11) is 3.26. The van der Waals surface area contributed by atoms with Crippen molar-refractivity contribution in [2.75, 3.05) is 33.9 Å². The van der Waals surface area contributed by atoms with Gasteiger partial charge in [-0.15, -0.1) is 0 Å². The van der Waals surface area contributed by atoms with Crippen molar-refractivity contribution < 1.29 is 14.3 Å². The van der Waals surface area contributed by atoms with Gasteiger partial charge in [-0.1, -0.05) is 13.8 Å². The fourth-order valence-electron chi connectivity index (χ4n) is 3.65. The second-order valence-electron chi connectivity index (χ2n) is 7.98. The van der Waals surface area contributed by atoms with Crippen LogP contribution in [0, 0.1) is 11.8 Å². The quantitative estimate of drug-likeness (QED) is 0.674. The van der Waals surface area contributed by atoms with E-state index in [0.29, 0.717) is 18.9 Å². The first-order valence-corrected chi connectivity index (χ1v) is 10.2. The third-order valence-corrected chi connectivity index (χ3v) is 5.38. The van der Waals surface area contributed by atoms with Crippen LogP contribution >= 0.6 is 0 Å². The van der Waals surface area contributed by atoms with Crippen LogP contribution in [0.5, 0.6) is 11.5 Å². The summed E-state index contributed by atoms with van der Waals surface area (Å²) < 4.78 is 10.6. The molecule has 1 heterocycles. The molecule has 1 amide bonds.